The molecular formula is C11H22N6O. The molecule has 7 heteroatoms. The number of hydrogen-bond donors (Lipinski definition) is 3. The molecule has 0 bridgehead atoms. The lowest BCUT2D eigenvalue weighted by atomic mass is 10.3. The fourth-order valence-electron chi connectivity index (χ4n) is 1.51. The highest BCUT2D eigenvalue weighted by Crippen LogP contribution is 1.95. The number of aromatic nitrogens is 2. The fraction of sp³-hybridized carbons (Fsp3) is 0.636. The highest BCUT2D eigenvalue weighted by atomic mass is 16.5. The van der Waals surface area contributed by atoms with Crippen LogP contribution in [0.1, 0.15) is 12.1 Å². The second kappa shape index (κ2) is 8.48. The van der Waals surface area contributed by atoms with Crippen LogP contribution in [0.25, 0.3) is 0 Å². The Labute approximate surface area is 107 Å². The summed E-state index contributed by atoms with van der Waals surface area (Å²) in [7, 11) is 3.61. The average molecular weight is 254 g/mol. The third-order valence-electron chi connectivity index (χ3n) is 2.51. The van der Waals surface area contributed by atoms with Crippen molar-refractivity contribution in [3.63, 3.8) is 0 Å². The zero-order valence-corrected chi connectivity index (χ0v) is 11.0. The summed E-state index contributed by atoms with van der Waals surface area (Å²) in [5.41, 5.74) is 3.71. The lowest BCUT2D eigenvalue weighted by Gasteiger charge is -2.09. The van der Waals surface area contributed by atoms with Crippen LogP contribution in [-0.4, -0.2) is 42.5 Å². The van der Waals surface area contributed by atoms with Crippen molar-refractivity contribution in [2.45, 2.75) is 12.8 Å². The molecule has 0 aromatic carbocycles. The highest BCUT2D eigenvalue weighted by molar-refractivity contribution is 5.79. The van der Waals surface area contributed by atoms with Crippen LogP contribution in [0, 0.1) is 0 Å². The molecule has 0 unspecified atom stereocenters. The summed E-state index contributed by atoms with van der Waals surface area (Å²) in [4.78, 5) is 4.29. The molecule has 1 heterocycles. The lowest BCUT2D eigenvalue weighted by molar-refractivity contribution is 0.197. The number of aryl methyl sites for hydroxylation is 1. The highest BCUT2D eigenvalue weighted by Gasteiger charge is 1.99. The van der Waals surface area contributed by atoms with Crippen molar-refractivity contribution in [3.05, 3.63) is 18.0 Å². The van der Waals surface area contributed by atoms with Gasteiger partial charge in [-0.1, -0.05) is 0 Å². The van der Waals surface area contributed by atoms with Gasteiger partial charge >= 0.3 is 0 Å². The fourth-order valence-corrected chi connectivity index (χ4v) is 1.51. The maximum Gasteiger partial charge on any atom is 0.205 e. The van der Waals surface area contributed by atoms with Crippen LogP contribution in [0.4, 0.5) is 0 Å². The van der Waals surface area contributed by atoms with Crippen molar-refractivity contribution < 1.29 is 4.74 Å². The zero-order chi connectivity index (χ0) is 13.2. The van der Waals surface area contributed by atoms with Gasteiger partial charge in [0.25, 0.3) is 0 Å². The number of nitrogens with two attached hydrogens (primary N) is 1. The number of hydrogen-bond acceptors (Lipinski definition) is 4. The van der Waals surface area contributed by atoms with Gasteiger partial charge in [0.05, 0.1) is 0 Å². The van der Waals surface area contributed by atoms with E-state index in [1.165, 1.54) is 5.69 Å². The van der Waals surface area contributed by atoms with Gasteiger partial charge in [-0.05, 0) is 12.5 Å². The molecule has 0 amide bonds. The molecule has 102 valence electrons. The molecule has 18 heavy (non-hydrogen) atoms. The summed E-state index contributed by atoms with van der Waals surface area (Å²) in [6.07, 6.45) is 3.54. The molecule has 0 spiro atoms. The Hall–Kier alpha value is -1.60. The predicted octanol–water partition coefficient (Wildman–Crippen LogP) is -0.592. The Balaban J connectivity index is 2.24. The van der Waals surface area contributed by atoms with E-state index in [4.69, 9.17) is 10.6 Å². The SMILES string of the molecule is COCCCN=C(NN)NCCc1ccnn1C. The van der Waals surface area contributed by atoms with E-state index in [1.54, 1.807) is 13.3 Å². The van der Waals surface area contributed by atoms with Crippen LogP contribution < -0.4 is 16.6 Å². The molecule has 7 nitrogen and oxygen atoms in total. The summed E-state index contributed by atoms with van der Waals surface area (Å²) >= 11 is 0. The molecule has 1 aromatic rings. The van der Waals surface area contributed by atoms with Gasteiger partial charge in [-0.15, -0.1) is 0 Å². The second-order valence-corrected chi connectivity index (χ2v) is 3.84. The molecule has 0 aliphatic rings. The number of methoxy groups -OCH3 is 1. The third kappa shape index (κ3) is 5.15. The number of aliphatic imine (C=N–C) groups is 1. The number of nitrogens with one attached hydrogen (secondary N) is 2. The van der Waals surface area contributed by atoms with Crippen LogP contribution in [0.15, 0.2) is 17.3 Å². The summed E-state index contributed by atoms with van der Waals surface area (Å²) in [6.45, 7) is 2.15. The van der Waals surface area contributed by atoms with Gasteiger partial charge < -0.3 is 10.1 Å². The molecule has 0 aliphatic carbocycles. The molecule has 1 aromatic heterocycles. The van der Waals surface area contributed by atoms with Crippen molar-refractivity contribution in [2.24, 2.45) is 17.9 Å². The second-order valence-electron chi connectivity index (χ2n) is 3.84. The largest absolute Gasteiger partial charge is 0.385 e. The summed E-state index contributed by atoms with van der Waals surface area (Å²) < 4.78 is 6.80. The van der Waals surface area contributed by atoms with Crippen LogP contribution in [0.5, 0.6) is 0 Å². The summed E-state index contributed by atoms with van der Waals surface area (Å²) in [5, 5.41) is 7.25. The smallest absolute Gasteiger partial charge is 0.205 e. The monoisotopic (exact) mass is 254 g/mol. The Morgan fingerprint density at radius 2 is 2.44 bits per heavy atom. The summed E-state index contributed by atoms with van der Waals surface area (Å²) in [5.74, 6) is 5.99. The van der Waals surface area contributed by atoms with Gasteiger partial charge in [-0.2, -0.15) is 5.10 Å². The molecule has 0 atom stereocenters. The number of rotatable bonds is 7. The number of guanidine groups is 1. The summed E-state index contributed by atoms with van der Waals surface area (Å²) in [6, 6.07) is 1.99. The van der Waals surface area contributed by atoms with E-state index in [9.17, 15) is 0 Å². The first kappa shape index (κ1) is 14.5. The van der Waals surface area contributed by atoms with Gasteiger partial charge in [0.2, 0.25) is 5.96 Å². The first-order valence-electron chi connectivity index (χ1n) is 5.98. The van der Waals surface area contributed by atoms with Crippen molar-refractivity contribution in [2.75, 3.05) is 26.8 Å². The number of ether oxygens (including phenoxy) is 1. The molecule has 0 aliphatic heterocycles. The first-order valence-corrected chi connectivity index (χ1v) is 5.98. The minimum absolute atomic E-state index is 0.605. The van der Waals surface area contributed by atoms with E-state index in [1.807, 2.05) is 17.8 Å². The van der Waals surface area contributed by atoms with Crippen molar-refractivity contribution in [3.8, 4) is 0 Å². The molecule has 0 saturated carbocycles. The molecule has 0 radical (unpaired) electrons. The van der Waals surface area contributed by atoms with E-state index in [0.717, 1.165) is 19.4 Å². The molecule has 0 fully saturated rings. The standard InChI is InChI=1S/C11H22N6O/c1-17-10(5-8-15-17)4-7-14-11(16-12)13-6-3-9-18-2/h5,8H,3-4,6-7,9,12H2,1-2H3,(H2,13,14,16). The van der Waals surface area contributed by atoms with E-state index >= 15 is 0 Å². The minimum atomic E-state index is 0.605. The zero-order valence-electron chi connectivity index (χ0n) is 11.0. The van der Waals surface area contributed by atoms with Crippen molar-refractivity contribution >= 4 is 5.96 Å². The van der Waals surface area contributed by atoms with Crippen LogP contribution >= 0.6 is 0 Å². The maximum absolute atomic E-state index is 5.38. The van der Waals surface area contributed by atoms with Crippen LogP contribution in [0.2, 0.25) is 0 Å². The normalized spacial score (nSPS) is 11.6. The van der Waals surface area contributed by atoms with E-state index in [2.05, 4.69) is 20.8 Å². The quantitative estimate of drug-likeness (QED) is 0.199. The van der Waals surface area contributed by atoms with Gasteiger partial charge in [0, 0.05) is 52.2 Å². The molecule has 0 saturated heterocycles. The third-order valence-corrected chi connectivity index (χ3v) is 2.51. The van der Waals surface area contributed by atoms with Gasteiger partial charge in [0.15, 0.2) is 0 Å². The predicted molar refractivity (Wildman–Crippen MR) is 71.0 cm³/mol. The minimum Gasteiger partial charge on any atom is -0.385 e. The number of hydrazine groups is 1. The Bertz CT molecular complexity index is 362. The van der Waals surface area contributed by atoms with Crippen molar-refractivity contribution in [1.29, 1.82) is 0 Å². The van der Waals surface area contributed by atoms with Gasteiger partial charge in [-0.25, -0.2) is 5.84 Å². The Morgan fingerprint density at radius 1 is 1.61 bits per heavy atom. The van der Waals surface area contributed by atoms with Crippen LogP contribution in [-0.2, 0) is 18.2 Å². The van der Waals surface area contributed by atoms with Gasteiger partial charge in [0.1, 0.15) is 0 Å². The topological polar surface area (TPSA) is 89.5 Å². The average Bonchev–Trinajstić information content (AvgIpc) is 2.78. The lowest BCUT2D eigenvalue weighted by Crippen LogP contribution is -2.42. The molecule has 4 N–H and O–H groups in total. The van der Waals surface area contributed by atoms with E-state index in [-0.39, 0.29) is 0 Å². The van der Waals surface area contributed by atoms with Crippen LogP contribution in [0.3, 0.4) is 0 Å². The van der Waals surface area contributed by atoms with E-state index < -0.39 is 0 Å². The molecule has 1 rings (SSSR count). The van der Waals surface area contributed by atoms with E-state index in [0.29, 0.717) is 19.1 Å². The number of nitrogens with zero attached hydrogens (tertiary/aromatic N) is 3. The Kier molecular flexibility index (Phi) is 6.82. The van der Waals surface area contributed by atoms with Crippen molar-refractivity contribution in [1.82, 2.24) is 20.5 Å². The van der Waals surface area contributed by atoms with Gasteiger partial charge in [-0.3, -0.25) is 15.1 Å². The molecular weight excluding hydrogens is 232 g/mol. The first-order chi connectivity index (χ1) is 8.77. The maximum atomic E-state index is 5.38. The Morgan fingerprint density at radius 3 is 3.06 bits per heavy atom.